The average molecular weight is 495 g/mol. The minimum absolute atomic E-state index is 0.0857. The fraction of sp³-hybridized carbons (Fsp3) is 0.625. The van der Waals surface area contributed by atoms with Gasteiger partial charge in [-0.2, -0.15) is 0 Å². The van der Waals surface area contributed by atoms with Crippen molar-refractivity contribution in [1.29, 1.82) is 0 Å². The maximum absolute atomic E-state index is 12.7. The topological polar surface area (TPSA) is 135 Å². The van der Waals surface area contributed by atoms with E-state index in [0.29, 0.717) is 24.8 Å². The summed E-state index contributed by atoms with van der Waals surface area (Å²) in [5.41, 5.74) is -0.443. The Hall–Kier alpha value is -3.21. The van der Waals surface area contributed by atoms with Crippen LogP contribution in [0.3, 0.4) is 0 Å². The van der Waals surface area contributed by atoms with Crippen LogP contribution in [0.15, 0.2) is 24.3 Å². The minimum Gasteiger partial charge on any atom is -0.461 e. The molecule has 1 atom stereocenters. The Kier molecular flexibility index (Phi) is 10.4. The predicted octanol–water partition coefficient (Wildman–Crippen LogP) is 3.48. The summed E-state index contributed by atoms with van der Waals surface area (Å²) in [4.78, 5) is 49.3. The number of para-hydroxylation sites is 1. The Morgan fingerprint density at radius 1 is 1.14 bits per heavy atom. The molecule has 1 heterocycles. The highest BCUT2D eigenvalue weighted by Crippen LogP contribution is 2.24. The van der Waals surface area contributed by atoms with Crippen LogP contribution in [0, 0.1) is 21.4 Å². The third-order valence-electron chi connectivity index (χ3n) is 6.10. The number of hydrogen-bond acceptors (Lipinski definition) is 9. The van der Waals surface area contributed by atoms with Crippen LogP contribution in [-0.2, 0) is 35.1 Å². The van der Waals surface area contributed by atoms with Crippen LogP contribution in [0.2, 0.25) is 0 Å². The van der Waals surface area contributed by atoms with E-state index in [1.54, 1.807) is 26.0 Å². The smallest absolute Gasteiger partial charge is 0.410 e. The van der Waals surface area contributed by atoms with Crippen LogP contribution in [-0.4, -0.2) is 67.4 Å². The molecule has 0 radical (unpaired) electrons. The lowest BCUT2D eigenvalue weighted by molar-refractivity contribution is -0.385. The van der Waals surface area contributed by atoms with Crippen molar-refractivity contribution in [3.8, 4) is 0 Å². The maximum Gasteiger partial charge on any atom is 0.410 e. The van der Waals surface area contributed by atoms with Gasteiger partial charge in [0.25, 0.3) is 5.69 Å². The number of benzene rings is 1. The van der Waals surface area contributed by atoms with Crippen molar-refractivity contribution < 1.29 is 38.3 Å². The van der Waals surface area contributed by atoms with E-state index in [9.17, 15) is 24.5 Å². The lowest BCUT2D eigenvalue weighted by atomic mass is 9.91. The van der Waals surface area contributed by atoms with Crippen LogP contribution in [0.4, 0.5) is 10.5 Å². The molecule has 35 heavy (non-hydrogen) atoms. The number of hydrogen-bond donors (Lipinski definition) is 0. The Morgan fingerprint density at radius 3 is 2.40 bits per heavy atom. The second-order valence-corrected chi connectivity index (χ2v) is 9.05. The summed E-state index contributed by atoms with van der Waals surface area (Å²) >= 11 is 0. The third kappa shape index (κ3) is 8.20. The molecule has 194 valence electrons. The van der Waals surface area contributed by atoms with Gasteiger partial charge in [-0.05, 0) is 39.2 Å². The van der Waals surface area contributed by atoms with Gasteiger partial charge < -0.3 is 23.8 Å². The predicted molar refractivity (Wildman–Crippen MR) is 124 cm³/mol. The summed E-state index contributed by atoms with van der Waals surface area (Å²) < 4.78 is 21.2. The molecule has 1 aromatic carbocycles. The van der Waals surface area contributed by atoms with E-state index in [4.69, 9.17) is 18.9 Å². The number of rotatable bonds is 11. The summed E-state index contributed by atoms with van der Waals surface area (Å²) in [5, 5.41) is 11.1. The van der Waals surface area contributed by atoms with Gasteiger partial charge in [0.15, 0.2) is 6.10 Å². The third-order valence-corrected chi connectivity index (χ3v) is 6.10. The number of methoxy groups -OCH3 is 1. The molecule has 0 aromatic heterocycles. The molecule has 0 saturated carbocycles. The molecule has 1 aliphatic heterocycles. The second kappa shape index (κ2) is 13.0. The molecule has 1 saturated heterocycles. The van der Waals surface area contributed by atoms with Crippen LogP contribution in [0.1, 0.15) is 45.6 Å². The van der Waals surface area contributed by atoms with Gasteiger partial charge in [-0.1, -0.05) is 19.1 Å². The van der Waals surface area contributed by atoms with E-state index in [1.807, 2.05) is 6.92 Å². The normalized spacial score (nSPS) is 15.3. The molecule has 1 aliphatic rings. The number of carbonyl (C=O) groups is 3. The van der Waals surface area contributed by atoms with Crippen molar-refractivity contribution in [2.75, 3.05) is 33.4 Å². The van der Waals surface area contributed by atoms with Crippen molar-refractivity contribution in [3.05, 3.63) is 39.9 Å². The molecule has 0 aliphatic carbocycles. The highest BCUT2D eigenvalue weighted by molar-refractivity contribution is 5.76. The number of amides is 1. The Labute approximate surface area is 204 Å². The number of likely N-dealkylation sites (tertiary alicyclic amines) is 1. The van der Waals surface area contributed by atoms with Crippen LogP contribution in [0.25, 0.3) is 0 Å². The Morgan fingerprint density at radius 2 is 1.80 bits per heavy atom. The molecular weight excluding hydrogens is 460 g/mol. The summed E-state index contributed by atoms with van der Waals surface area (Å²) in [6.45, 7) is 5.79. The van der Waals surface area contributed by atoms with Gasteiger partial charge in [0.05, 0.1) is 28.4 Å². The zero-order valence-corrected chi connectivity index (χ0v) is 20.7. The first kappa shape index (κ1) is 28.0. The van der Waals surface area contributed by atoms with E-state index < -0.39 is 34.4 Å². The molecule has 11 heteroatoms. The summed E-state index contributed by atoms with van der Waals surface area (Å²) in [7, 11) is 1.47. The van der Waals surface area contributed by atoms with Gasteiger partial charge in [-0.3, -0.25) is 19.7 Å². The first-order valence-electron chi connectivity index (χ1n) is 11.6. The SMILES string of the molecule is CCC(C)(C)C(=O)OCC(COC)OC(=O)C1CCN(C(=O)OCc2ccccc2[N+](=O)[O-])CC1. The van der Waals surface area contributed by atoms with Gasteiger partial charge in [0.2, 0.25) is 0 Å². The lowest BCUT2D eigenvalue weighted by Gasteiger charge is -2.31. The Balaban J connectivity index is 1.81. The molecule has 1 amide bonds. The number of piperidine rings is 1. The average Bonchev–Trinajstić information content (AvgIpc) is 2.85. The Bertz CT molecular complexity index is 895. The first-order chi connectivity index (χ1) is 16.6. The van der Waals surface area contributed by atoms with Gasteiger partial charge in [-0.25, -0.2) is 4.79 Å². The number of esters is 2. The quantitative estimate of drug-likeness (QED) is 0.196. The molecule has 0 bridgehead atoms. The fourth-order valence-electron chi connectivity index (χ4n) is 3.41. The number of ether oxygens (including phenoxy) is 4. The zero-order chi connectivity index (χ0) is 26.0. The molecule has 1 fully saturated rings. The number of carbonyl (C=O) groups excluding carboxylic acids is 3. The van der Waals surface area contributed by atoms with Crippen molar-refractivity contribution in [2.45, 2.75) is 52.7 Å². The maximum atomic E-state index is 12.7. The molecular formula is C24H34N2O9. The molecule has 1 aromatic rings. The lowest BCUT2D eigenvalue weighted by Crippen LogP contribution is -2.42. The number of nitro groups is 1. The largest absolute Gasteiger partial charge is 0.461 e. The second-order valence-electron chi connectivity index (χ2n) is 9.05. The van der Waals surface area contributed by atoms with Crippen molar-refractivity contribution in [1.82, 2.24) is 4.90 Å². The molecule has 2 rings (SSSR count). The summed E-state index contributed by atoms with van der Waals surface area (Å²) in [6.07, 6.45) is 0.0410. The van der Waals surface area contributed by atoms with Crippen LogP contribution in [0.5, 0.6) is 0 Å². The minimum atomic E-state index is -0.728. The van der Waals surface area contributed by atoms with Crippen molar-refractivity contribution in [3.63, 3.8) is 0 Å². The summed E-state index contributed by atoms with van der Waals surface area (Å²) in [6, 6.07) is 6.06. The number of nitro benzene ring substituents is 1. The standard InChI is InChI=1S/C24H34N2O9/c1-5-24(2,3)22(28)33-16-19(15-32-4)35-21(27)17-10-12-25(13-11-17)23(29)34-14-18-8-6-7-9-20(18)26(30)31/h6-9,17,19H,5,10-16H2,1-4H3. The monoisotopic (exact) mass is 494 g/mol. The van der Waals surface area contributed by atoms with Crippen LogP contribution < -0.4 is 0 Å². The number of nitrogens with zero attached hydrogens (tertiary/aromatic N) is 2. The van der Waals surface area contributed by atoms with Gasteiger partial charge >= 0.3 is 18.0 Å². The zero-order valence-electron chi connectivity index (χ0n) is 20.7. The molecule has 0 spiro atoms. The first-order valence-corrected chi connectivity index (χ1v) is 11.6. The van der Waals surface area contributed by atoms with Gasteiger partial charge in [0.1, 0.15) is 13.2 Å². The van der Waals surface area contributed by atoms with Gasteiger partial charge in [0, 0.05) is 26.3 Å². The highest BCUT2D eigenvalue weighted by Gasteiger charge is 2.32. The van der Waals surface area contributed by atoms with E-state index >= 15 is 0 Å². The van der Waals surface area contributed by atoms with E-state index in [2.05, 4.69) is 0 Å². The van der Waals surface area contributed by atoms with Crippen molar-refractivity contribution in [2.24, 2.45) is 11.3 Å². The molecule has 0 N–H and O–H groups in total. The molecule has 1 unspecified atom stereocenters. The van der Waals surface area contributed by atoms with E-state index in [1.165, 1.54) is 24.1 Å². The van der Waals surface area contributed by atoms with E-state index in [0.717, 1.165) is 0 Å². The van der Waals surface area contributed by atoms with Crippen molar-refractivity contribution >= 4 is 23.7 Å². The molecule has 11 nitrogen and oxygen atoms in total. The van der Waals surface area contributed by atoms with Crippen LogP contribution >= 0.6 is 0 Å². The highest BCUT2D eigenvalue weighted by atomic mass is 16.6. The fourth-order valence-corrected chi connectivity index (χ4v) is 3.41. The van der Waals surface area contributed by atoms with E-state index in [-0.39, 0.29) is 44.6 Å². The summed E-state index contributed by atoms with van der Waals surface area (Å²) in [5.74, 6) is -1.23. The van der Waals surface area contributed by atoms with Gasteiger partial charge in [-0.15, -0.1) is 0 Å².